The molecule has 0 unspecified atom stereocenters. The number of halogens is 2. The van der Waals surface area contributed by atoms with Gasteiger partial charge < -0.3 is 5.32 Å². The Balaban J connectivity index is 1.74. The van der Waals surface area contributed by atoms with Crippen LogP contribution in [0.3, 0.4) is 0 Å². The van der Waals surface area contributed by atoms with E-state index >= 15 is 0 Å². The molecule has 0 atom stereocenters. The summed E-state index contributed by atoms with van der Waals surface area (Å²) >= 11 is 17.3. The van der Waals surface area contributed by atoms with Crippen LogP contribution in [0.1, 0.15) is 11.1 Å². The lowest BCUT2D eigenvalue weighted by molar-refractivity contribution is -0.121. The lowest BCUT2D eigenvalue weighted by Gasteiger charge is -2.10. The Bertz CT molecular complexity index is 1010. The average molecular weight is 407 g/mol. The molecule has 1 amide bonds. The number of carbonyl (C=O) groups excluding carboxylic acids is 1. The average Bonchev–Trinajstić information content (AvgIpc) is 2.95. The zero-order valence-electron chi connectivity index (χ0n) is 13.9. The molecule has 1 heterocycles. The smallest absolute Gasteiger partial charge is 0.240 e. The first-order chi connectivity index (χ1) is 12.4. The van der Waals surface area contributed by atoms with E-state index in [2.05, 4.69) is 15.5 Å². The second-order valence-electron chi connectivity index (χ2n) is 5.82. The molecule has 2 N–H and O–H groups in total. The van der Waals surface area contributed by atoms with Crippen molar-refractivity contribution in [3.63, 3.8) is 0 Å². The Morgan fingerprint density at radius 1 is 1.27 bits per heavy atom. The molecule has 5 nitrogen and oxygen atoms in total. The number of aromatic amines is 1. The maximum atomic E-state index is 12.4. The van der Waals surface area contributed by atoms with E-state index in [4.69, 9.17) is 35.4 Å². The maximum absolute atomic E-state index is 12.4. The molecule has 0 aliphatic heterocycles. The summed E-state index contributed by atoms with van der Waals surface area (Å²) in [6.45, 7) is 2.36. The molecule has 0 radical (unpaired) electrons. The molecule has 0 saturated heterocycles. The van der Waals surface area contributed by atoms with Crippen LogP contribution >= 0.6 is 35.4 Å². The highest BCUT2D eigenvalue weighted by molar-refractivity contribution is 7.71. The minimum Gasteiger partial charge on any atom is -0.350 e. The van der Waals surface area contributed by atoms with Gasteiger partial charge in [0.15, 0.2) is 10.6 Å². The first kappa shape index (κ1) is 18.6. The second-order valence-corrected chi connectivity index (χ2v) is 7.05. The van der Waals surface area contributed by atoms with E-state index in [9.17, 15) is 4.79 Å². The fourth-order valence-electron chi connectivity index (χ4n) is 2.53. The number of nitrogens with one attached hydrogen (secondary N) is 2. The van der Waals surface area contributed by atoms with E-state index in [0.29, 0.717) is 27.2 Å². The molecule has 3 rings (SSSR count). The lowest BCUT2D eigenvalue weighted by atomic mass is 10.1. The number of carbonyl (C=O) groups is 1. The Kier molecular flexibility index (Phi) is 5.76. The van der Waals surface area contributed by atoms with E-state index in [-0.39, 0.29) is 12.5 Å². The molecule has 8 heteroatoms. The number of benzene rings is 2. The minimum atomic E-state index is -0.192. The van der Waals surface area contributed by atoms with Gasteiger partial charge in [0.05, 0.1) is 0 Å². The Morgan fingerprint density at radius 2 is 2.08 bits per heavy atom. The van der Waals surface area contributed by atoms with Crippen LogP contribution < -0.4 is 5.32 Å². The van der Waals surface area contributed by atoms with Crippen LogP contribution in [0.5, 0.6) is 0 Å². The first-order valence-electron chi connectivity index (χ1n) is 7.87. The maximum Gasteiger partial charge on any atom is 0.240 e. The van der Waals surface area contributed by atoms with Gasteiger partial charge in [-0.1, -0.05) is 53.0 Å². The summed E-state index contributed by atoms with van der Waals surface area (Å²) in [6, 6.07) is 13.0. The standard InChI is InChI=1S/C18H16Cl2N4OS/c1-11-3-2-4-12(7-11)17-22-23-18(26)24(17)10-16(25)21-9-13-5-6-14(19)8-15(13)20/h2-8H,9-10H2,1H3,(H,21,25)(H,23,26). The molecule has 1 aromatic heterocycles. The molecule has 0 saturated carbocycles. The fourth-order valence-corrected chi connectivity index (χ4v) is 3.20. The van der Waals surface area contributed by atoms with Gasteiger partial charge in [0.1, 0.15) is 6.54 Å². The Labute approximate surface area is 166 Å². The normalized spacial score (nSPS) is 10.7. The van der Waals surface area contributed by atoms with Crippen molar-refractivity contribution in [2.75, 3.05) is 0 Å². The van der Waals surface area contributed by atoms with Gasteiger partial charge in [-0.2, -0.15) is 5.10 Å². The summed E-state index contributed by atoms with van der Waals surface area (Å²) in [7, 11) is 0. The highest BCUT2D eigenvalue weighted by atomic mass is 35.5. The molecule has 26 heavy (non-hydrogen) atoms. The van der Waals surface area contributed by atoms with Gasteiger partial charge in [-0.25, -0.2) is 0 Å². The van der Waals surface area contributed by atoms with Crippen LogP contribution in [0.25, 0.3) is 11.4 Å². The van der Waals surface area contributed by atoms with Crippen molar-refractivity contribution in [1.82, 2.24) is 20.1 Å². The Morgan fingerprint density at radius 3 is 2.81 bits per heavy atom. The molecular weight excluding hydrogens is 391 g/mol. The van der Waals surface area contributed by atoms with Gasteiger partial charge in [-0.3, -0.25) is 14.5 Å². The zero-order valence-corrected chi connectivity index (χ0v) is 16.3. The zero-order chi connectivity index (χ0) is 18.7. The van der Waals surface area contributed by atoms with Gasteiger partial charge in [0, 0.05) is 22.2 Å². The summed E-state index contributed by atoms with van der Waals surface area (Å²) in [4.78, 5) is 12.4. The van der Waals surface area contributed by atoms with Crippen LogP contribution in [0.15, 0.2) is 42.5 Å². The topological polar surface area (TPSA) is 62.7 Å². The van der Waals surface area contributed by atoms with Crippen LogP contribution in [0.4, 0.5) is 0 Å². The van der Waals surface area contributed by atoms with Gasteiger partial charge >= 0.3 is 0 Å². The quantitative estimate of drug-likeness (QED) is 0.611. The minimum absolute atomic E-state index is 0.0593. The number of hydrogen-bond donors (Lipinski definition) is 2. The number of aryl methyl sites for hydroxylation is 1. The van der Waals surface area contributed by atoms with E-state index in [1.165, 1.54) is 0 Å². The molecule has 0 aliphatic rings. The number of nitrogens with zero attached hydrogens (tertiary/aromatic N) is 2. The van der Waals surface area contributed by atoms with Crippen LogP contribution in [-0.4, -0.2) is 20.7 Å². The third-order valence-electron chi connectivity index (χ3n) is 3.83. The molecule has 0 fully saturated rings. The third kappa shape index (κ3) is 4.33. The highest BCUT2D eigenvalue weighted by Crippen LogP contribution is 2.21. The first-order valence-corrected chi connectivity index (χ1v) is 9.03. The second kappa shape index (κ2) is 8.03. The molecular formula is C18H16Cl2N4OS. The SMILES string of the molecule is Cc1cccc(-c2n[nH]c(=S)n2CC(=O)NCc2ccc(Cl)cc2Cl)c1. The predicted molar refractivity (Wildman–Crippen MR) is 106 cm³/mol. The largest absolute Gasteiger partial charge is 0.350 e. The summed E-state index contributed by atoms with van der Waals surface area (Å²) in [5.41, 5.74) is 2.79. The summed E-state index contributed by atoms with van der Waals surface area (Å²) < 4.78 is 2.06. The van der Waals surface area contributed by atoms with Gasteiger partial charge in [0.2, 0.25) is 5.91 Å². The molecule has 3 aromatic rings. The van der Waals surface area contributed by atoms with Crippen LogP contribution in [0.2, 0.25) is 10.0 Å². The van der Waals surface area contributed by atoms with Crippen molar-refractivity contribution in [2.45, 2.75) is 20.0 Å². The molecule has 0 aliphatic carbocycles. The summed E-state index contributed by atoms with van der Waals surface area (Å²) in [6.07, 6.45) is 0. The molecule has 134 valence electrons. The Hall–Kier alpha value is -2.15. The number of amides is 1. The fraction of sp³-hybridized carbons (Fsp3) is 0.167. The van der Waals surface area contributed by atoms with E-state index in [1.54, 1.807) is 22.8 Å². The monoisotopic (exact) mass is 406 g/mol. The summed E-state index contributed by atoms with van der Waals surface area (Å²) in [5.74, 6) is 0.431. The van der Waals surface area contributed by atoms with Gasteiger partial charge in [-0.05, 0) is 42.9 Å². The molecule has 2 aromatic carbocycles. The van der Waals surface area contributed by atoms with Crippen molar-refractivity contribution in [3.8, 4) is 11.4 Å². The summed E-state index contributed by atoms with van der Waals surface area (Å²) in [5, 5.41) is 10.9. The predicted octanol–water partition coefficient (Wildman–Crippen LogP) is 4.54. The molecule has 0 bridgehead atoms. The van der Waals surface area contributed by atoms with Crippen LogP contribution in [-0.2, 0) is 17.9 Å². The van der Waals surface area contributed by atoms with Crippen molar-refractivity contribution in [1.29, 1.82) is 0 Å². The van der Waals surface area contributed by atoms with E-state index in [0.717, 1.165) is 16.7 Å². The number of rotatable bonds is 5. The van der Waals surface area contributed by atoms with E-state index in [1.807, 2.05) is 31.2 Å². The number of H-pyrrole nitrogens is 1. The van der Waals surface area contributed by atoms with Gasteiger partial charge in [0.25, 0.3) is 0 Å². The number of hydrogen-bond acceptors (Lipinski definition) is 3. The van der Waals surface area contributed by atoms with Crippen molar-refractivity contribution in [2.24, 2.45) is 0 Å². The highest BCUT2D eigenvalue weighted by Gasteiger charge is 2.13. The number of aromatic nitrogens is 3. The molecule has 0 spiro atoms. The van der Waals surface area contributed by atoms with Crippen molar-refractivity contribution < 1.29 is 4.79 Å². The van der Waals surface area contributed by atoms with Crippen LogP contribution in [0, 0.1) is 11.7 Å². The third-order valence-corrected chi connectivity index (χ3v) is 4.73. The van der Waals surface area contributed by atoms with Crippen molar-refractivity contribution >= 4 is 41.3 Å². The lowest BCUT2D eigenvalue weighted by Crippen LogP contribution is -2.27. The van der Waals surface area contributed by atoms with Crippen molar-refractivity contribution in [3.05, 3.63) is 68.4 Å². The van der Waals surface area contributed by atoms with E-state index < -0.39 is 0 Å². The van der Waals surface area contributed by atoms with Gasteiger partial charge in [-0.15, -0.1) is 0 Å².